The summed E-state index contributed by atoms with van der Waals surface area (Å²) in [5, 5.41) is 0. The molecular weight excluding hydrogens is 266 g/mol. The molecule has 0 aliphatic carbocycles. The van der Waals surface area contributed by atoms with E-state index in [1.807, 2.05) is 6.92 Å². The highest BCUT2D eigenvalue weighted by atomic mass is 32.1. The zero-order valence-electron chi connectivity index (χ0n) is 13.7. The normalized spacial score (nSPS) is 16.4. The smallest absolute Gasteiger partial charge is 0.0810 e. The SMILES string of the molecule is CCC(N)=S.CCCCCCCCCCCCC1CO1. The lowest BCUT2D eigenvalue weighted by atomic mass is 10.1. The van der Waals surface area contributed by atoms with Gasteiger partial charge in [0.2, 0.25) is 0 Å². The molecule has 1 heterocycles. The van der Waals surface area contributed by atoms with E-state index in [9.17, 15) is 0 Å². The number of hydrogen-bond acceptors (Lipinski definition) is 2. The standard InChI is InChI=1S/C14H28O.C3H7NS/c1-2-3-4-5-6-7-8-9-10-11-12-14-13-15-14;1-2-3(4)5/h14H,2-13H2,1H3;2H2,1H3,(H2,4,5). The summed E-state index contributed by atoms with van der Waals surface area (Å²) in [6, 6.07) is 0. The van der Waals surface area contributed by atoms with Crippen molar-refractivity contribution in [2.45, 2.75) is 97.0 Å². The molecule has 2 nitrogen and oxygen atoms in total. The van der Waals surface area contributed by atoms with Crippen LogP contribution in [0.1, 0.15) is 90.9 Å². The molecule has 1 fully saturated rings. The molecule has 1 rings (SSSR count). The lowest BCUT2D eigenvalue weighted by Crippen LogP contribution is -2.03. The highest BCUT2D eigenvalue weighted by molar-refractivity contribution is 7.80. The van der Waals surface area contributed by atoms with Crippen molar-refractivity contribution in [1.29, 1.82) is 0 Å². The fraction of sp³-hybridized carbons (Fsp3) is 0.941. The summed E-state index contributed by atoms with van der Waals surface area (Å²) in [5.41, 5.74) is 5.02. The molecule has 2 N–H and O–H groups in total. The number of ether oxygens (including phenoxy) is 1. The van der Waals surface area contributed by atoms with E-state index in [0.717, 1.165) is 13.0 Å². The van der Waals surface area contributed by atoms with Gasteiger partial charge in [0.15, 0.2) is 0 Å². The lowest BCUT2D eigenvalue weighted by molar-refractivity contribution is 0.387. The van der Waals surface area contributed by atoms with E-state index in [0.29, 0.717) is 11.1 Å². The van der Waals surface area contributed by atoms with E-state index in [1.54, 1.807) is 0 Å². The topological polar surface area (TPSA) is 38.5 Å². The van der Waals surface area contributed by atoms with Gasteiger partial charge in [-0.15, -0.1) is 0 Å². The second-order valence-electron chi connectivity index (χ2n) is 5.75. The molecule has 20 heavy (non-hydrogen) atoms. The Labute approximate surface area is 131 Å². The van der Waals surface area contributed by atoms with Gasteiger partial charge in [-0.05, 0) is 12.8 Å². The number of thiocarbonyl (C=S) groups is 1. The summed E-state index contributed by atoms with van der Waals surface area (Å²) in [6.45, 7) is 5.25. The average molecular weight is 302 g/mol. The first-order valence-corrected chi connectivity index (χ1v) is 9.01. The van der Waals surface area contributed by atoms with Gasteiger partial charge < -0.3 is 10.5 Å². The van der Waals surface area contributed by atoms with Gasteiger partial charge in [0, 0.05) is 0 Å². The molecule has 1 unspecified atom stereocenters. The van der Waals surface area contributed by atoms with Crippen molar-refractivity contribution in [3.05, 3.63) is 0 Å². The van der Waals surface area contributed by atoms with Crippen LogP contribution in [-0.4, -0.2) is 17.7 Å². The molecule has 0 saturated carbocycles. The van der Waals surface area contributed by atoms with E-state index in [4.69, 9.17) is 10.5 Å². The van der Waals surface area contributed by atoms with E-state index >= 15 is 0 Å². The number of rotatable bonds is 12. The van der Waals surface area contributed by atoms with Gasteiger partial charge >= 0.3 is 0 Å². The van der Waals surface area contributed by atoms with Crippen LogP contribution >= 0.6 is 12.2 Å². The Morgan fingerprint density at radius 1 is 0.950 bits per heavy atom. The van der Waals surface area contributed by atoms with Crippen molar-refractivity contribution in [1.82, 2.24) is 0 Å². The Hall–Kier alpha value is -0.150. The van der Waals surface area contributed by atoms with Crippen molar-refractivity contribution >= 4 is 17.2 Å². The van der Waals surface area contributed by atoms with Crippen LogP contribution in [0.25, 0.3) is 0 Å². The first kappa shape index (κ1) is 19.9. The third kappa shape index (κ3) is 17.8. The summed E-state index contributed by atoms with van der Waals surface area (Å²) in [4.78, 5) is 0.588. The maximum atomic E-state index is 5.19. The highest BCUT2D eigenvalue weighted by Crippen LogP contribution is 2.18. The average Bonchev–Trinajstić information content (AvgIpc) is 3.26. The van der Waals surface area contributed by atoms with Crippen LogP contribution in [0.15, 0.2) is 0 Å². The van der Waals surface area contributed by atoms with Crippen LogP contribution in [0.3, 0.4) is 0 Å². The van der Waals surface area contributed by atoms with Gasteiger partial charge in [-0.2, -0.15) is 0 Å². The minimum Gasteiger partial charge on any atom is -0.393 e. The number of unbranched alkanes of at least 4 members (excludes halogenated alkanes) is 9. The van der Waals surface area contributed by atoms with Crippen molar-refractivity contribution in [2.24, 2.45) is 5.73 Å². The van der Waals surface area contributed by atoms with Gasteiger partial charge in [0.05, 0.1) is 17.7 Å². The lowest BCUT2D eigenvalue weighted by Gasteiger charge is -2.01. The van der Waals surface area contributed by atoms with Crippen molar-refractivity contribution in [3.63, 3.8) is 0 Å². The third-order valence-electron chi connectivity index (χ3n) is 3.63. The molecule has 0 spiro atoms. The molecule has 120 valence electrons. The monoisotopic (exact) mass is 301 g/mol. The van der Waals surface area contributed by atoms with Crippen LogP contribution in [0.2, 0.25) is 0 Å². The van der Waals surface area contributed by atoms with Crippen molar-refractivity contribution < 1.29 is 4.74 Å². The van der Waals surface area contributed by atoms with Crippen LogP contribution in [0.4, 0.5) is 0 Å². The first-order chi connectivity index (χ1) is 9.70. The zero-order chi connectivity index (χ0) is 15.1. The second-order valence-corrected chi connectivity index (χ2v) is 6.27. The molecule has 0 bridgehead atoms. The number of nitrogens with two attached hydrogens (primary N) is 1. The second kappa shape index (κ2) is 15.2. The van der Waals surface area contributed by atoms with Gasteiger partial charge in [-0.25, -0.2) is 0 Å². The Kier molecular flexibility index (Phi) is 15.1. The summed E-state index contributed by atoms with van der Waals surface area (Å²) < 4.78 is 5.19. The predicted molar refractivity (Wildman–Crippen MR) is 93.3 cm³/mol. The minimum atomic E-state index is 0.588. The molecular formula is C17H35NOS. The van der Waals surface area contributed by atoms with Crippen LogP contribution < -0.4 is 5.73 Å². The zero-order valence-corrected chi connectivity index (χ0v) is 14.5. The van der Waals surface area contributed by atoms with Crippen LogP contribution in [-0.2, 0) is 4.74 Å². The molecule has 3 heteroatoms. The van der Waals surface area contributed by atoms with Gasteiger partial charge in [0.1, 0.15) is 0 Å². The fourth-order valence-electron chi connectivity index (χ4n) is 2.09. The summed E-state index contributed by atoms with van der Waals surface area (Å²) in [6.07, 6.45) is 17.1. The van der Waals surface area contributed by atoms with Crippen molar-refractivity contribution in [3.8, 4) is 0 Å². The number of hydrogen-bond donors (Lipinski definition) is 1. The van der Waals surface area contributed by atoms with E-state index in [2.05, 4.69) is 19.1 Å². The molecule has 0 amide bonds. The highest BCUT2D eigenvalue weighted by Gasteiger charge is 2.20. The molecule has 1 aliphatic rings. The first-order valence-electron chi connectivity index (χ1n) is 8.60. The Bertz CT molecular complexity index is 217. The molecule has 0 aromatic heterocycles. The van der Waals surface area contributed by atoms with Crippen LogP contribution in [0, 0.1) is 0 Å². The molecule has 0 aromatic carbocycles. The Balaban J connectivity index is 0.000000621. The Morgan fingerprint density at radius 3 is 1.70 bits per heavy atom. The van der Waals surface area contributed by atoms with Gasteiger partial charge in [-0.3, -0.25) is 0 Å². The Morgan fingerprint density at radius 2 is 1.35 bits per heavy atom. The van der Waals surface area contributed by atoms with Gasteiger partial charge in [0.25, 0.3) is 0 Å². The summed E-state index contributed by atoms with van der Waals surface area (Å²) >= 11 is 4.47. The number of epoxide rings is 1. The van der Waals surface area contributed by atoms with E-state index < -0.39 is 0 Å². The van der Waals surface area contributed by atoms with Gasteiger partial charge in [-0.1, -0.05) is 90.3 Å². The third-order valence-corrected chi connectivity index (χ3v) is 3.92. The van der Waals surface area contributed by atoms with E-state index in [1.165, 1.54) is 70.6 Å². The predicted octanol–water partition coefficient (Wildman–Crippen LogP) is 5.38. The maximum absolute atomic E-state index is 5.19. The molecule has 0 radical (unpaired) electrons. The van der Waals surface area contributed by atoms with E-state index in [-0.39, 0.29) is 0 Å². The quantitative estimate of drug-likeness (QED) is 0.299. The van der Waals surface area contributed by atoms with Crippen molar-refractivity contribution in [2.75, 3.05) is 6.61 Å². The molecule has 1 aliphatic heterocycles. The molecule has 0 aromatic rings. The minimum absolute atomic E-state index is 0.588. The summed E-state index contributed by atoms with van der Waals surface area (Å²) in [7, 11) is 0. The molecule has 1 saturated heterocycles. The largest absolute Gasteiger partial charge is 0.393 e. The fourth-order valence-corrected chi connectivity index (χ4v) is 2.09. The molecule has 1 atom stereocenters. The van der Waals surface area contributed by atoms with Crippen LogP contribution in [0.5, 0.6) is 0 Å². The summed E-state index contributed by atoms with van der Waals surface area (Å²) in [5.74, 6) is 0. The maximum Gasteiger partial charge on any atom is 0.0810 e.